The van der Waals surface area contributed by atoms with Gasteiger partial charge in [-0.1, -0.05) is 36.4 Å². The Morgan fingerprint density at radius 3 is 1.58 bits per heavy atom. The van der Waals surface area contributed by atoms with Crippen molar-refractivity contribution in [2.45, 2.75) is 9.79 Å². The molecule has 0 fully saturated rings. The molecule has 19 heavy (non-hydrogen) atoms. The number of hydrogen-bond acceptors (Lipinski definition) is 3. The smallest absolute Gasteiger partial charge is 0.188 e. The molecule has 0 aliphatic rings. The Hall–Kier alpha value is -1.34. The maximum atomic E-state index is 10.9. The van der Waals surface area contributed by atoms with E-state index in [1.54, 1.807) is 36.4 Å². The van der Waals surface area contributed by atoms with E-state index >= 15 is 0 Å². The van der Waals surface area contributed by atoms with Crippen molar-refractivity contribution in [3.63, 3.8) is 0 Å². The highest BCUT2D eigenvalue weighted by Crippen LogP contribution is 2.04. The highest BCUT2D eigenvalue weighted by Gasteiger charge is 1.97. The normalized spacial score (nSPS) is 12.9. The van der Waals surface area contributed by atoms with Crippen molar-refractivity contribution in [2.75, 3.05) is 7.11 Å². The van der Waals surface area contributed by atoms with E-state index in [2.05, 4.69) is 4.18 Å². The Kier molecular flexibility index (Phi) is 7.20. The van der Waals surface area contributed by atoms with Crippen LogP contribution in [0.2, 0.25) is 0 Å². The van der Waals surface area contributed by atoms with Gasteiger partial charge in [-0.2, -0.15) is 0 Å². The summed E-state index contributed by atoms with van der Waals surface area (Å²) in [5, 5.41) is 5.09. The molecule has 0 aliphatic heterocycles. The fourth-order valence-electron chi connectivity index (χ4n) is 1.18. The summed E-state index contributed by atoms with van der Waals surface area (Å²) >= 11 is -1.29. The second-order valence-corrected chi connectivity index (χ2v) is 5.67. The van der Waals surface area contributed by atoms with Gasteiger partial charge in [-0.3, -0.25) is 4.18 Å². The lowest BCUT2D eigenvalue weighted by molar-refractivity contribution is 0.446. The molecule has 2 aromatic rings. The molecule has 0 heterocycles. The van der Waals surface area contributed by atoms with Gasteiger partial charge in [-0.15, -0.1) is 0 Å². The Labute approximate surface area is 117 Å². The SMILES string of the molecule is COS(=O)c1ccccc1.NS(=O)c1ccccc1. The first-order chi connectivity index (χ1) is 9.15. The van der Waals surface area contributed by atoms with Crippen LogP contribution < -0.4 is 5.14 Å². The molecule has 4 nitrogen and oxygen atoms in total. The summed E-state index contributed by atoms with van der Waals surface area (Å²) in [6, 6.07) is 18.0. The first-order valence-electron chi connectivity index (χ1n) is 5.37. The first kappa shape index (κ1) is 15.7. The summed E-state index contributed by atoms with van der Waals surface area (Å²) < 4.78 is 26.0. The number of nitrogens with two attached hydrogens (primary N) is 1. The minimum absolute atomic E-state index is 0.664. The van der Waals surface area contributed by atoms with Gasteiger partial charge in [0.05, 0.1) is 16.9 Å². The molecule has 102 valence electrons. The molecular formula is C13H15NO3S2. The van der Waals surface area contributed by atoms with E-state index in [-0.39, 0.29) is 0 Å². The fourth-order valence-corrected chi connectivity index (χ4v) is 2.18. The van der Waals surface area contributed by atoms with Crippen LogP contribution in [0, 0.1) is 0 Å². The van der Waals surface area contributed by atoms with Crippen LogP contribution in [0.3, 0.4) is 0 Å². The van der Waals surface area contributed by atoms with E-state index in [4.69, 9.17) is 5.14 Å². The van der Waals surface area contributed by atoms with E-state index < -0.39 is 22.1 Å². The van der Waals surface area contributed by atoms with Crippen molar-refractivity contribution in [1.82, 2.24) is 0 Å². The van der Waals surface area contributed by atoms with E-state index in [9.17, 15) is 8.42 Å². The van der Waals surface area contributed by atoms with Gasteiger partial charge in [0, 0.05) is 0 Å². The second-order valence-electron chi connectivity index (χ2n) is 3.32. The summed E-state index contributed by atoms with van der Waals surface area (Å²) in [6.45, 7) is 0. The molecule has 6 heteroatoms. The van der Waals surface area contributed by atoms with E-state index in [0.717, 1.165) is 0 Å². The Balaban J connectivity index is 0.000000191. The molecule has 2 atom stereocenters. The monoisotopic (exact) mass is 297 g/mol. The zero-order chi connectivity index (χ0) is 14.1. The predicted molar refractivity (Wildman–Crippen MR) is 76.9 cm³/mol. The molecule has 0 saturated carbocycles. The summed E-state index contributed by atoms with van der Waals surface area (Å²) in [6.07, 6.45) is 0. The molecule has 0 aromatic heterocycles. The Morgan fingerprint density at radius 1 is 0.842 bits per heavy atom. The van der Waals surface area contributed by atoms with Gasteiger partial charge in [0.15, 0.2) is 11.1 Å². The van der Waals surface area contributed by atoms with Crippen LogP contribution in [0.4, 0.5) is 0 Å². The maximum absolute atomic E-state index is 10.9. The van der Waals surface area contributed by atoms with Crippen molar-refractivity contribution in [3.05, 3.63) is 60.7 Å². The third-order valence-electron chi connectivity index (χ3n) is 2.06. The van der Waals surface area contributed by atoms with Gasteiger partial charge in [-0.05, 0) is 24.3 Å². The molecule has 2 aromatic carbocycles. The van der Waals surface area contributed by atoms with E-state index in [0.29, 0.717) is 9.79 Å². The number of benzene rings is 2. The lowest BCUT2D eigenvalue weighted by atomic mass is 10.4. The van der Waals surface area contributed by atoms with Crippen LogP contribution >= 0.6 is 0 Å². The lowest BCUT2D eigenvalue weighted by Crippen LogP contribution is -2.01. The topological polar surface area (TPSA) is 69.4 Å². The summed E-state index contributed by atoms with van der Waals surface area (Å²) in [5.74, 6) is 0. The van der Waals surface area contributed by atoms with Crippen molar-refractivity contribution in [1.29, 1.82) is 0 Å². The van der Waals surface area contributed by atoms with Crippen molar-refractivity contribution in [3.8, 4) is 0 Å². The molecule has 0 amide bonds. The predicted octanol–water partition coefficient (Wildman–Crippen LogP) is 2.02. The molecule has 0 radical (unpaired) electrons. The van der Waals surface area contributed by atoms with Gasteiger partial charge < -0.3 is 0 Å². The molecule has 0 saturated heterocycles. The summed E-state index contributed by atoms with van der Waals surface area (Å²) in [5.41, 5.74) is 0. The molecule has 0 bridgehead atoms. The quantitative estimate of drug-likeness (QED) is 0.942. The number of rotatable bonds is 3. The van der Waals surface area contributed by atoms with Gasteiger partial charge in [-0.25, -0.2) is 13.6 Å². The summed E-state index contributed by atoms with van der Waals surface area (Å²) in [7, 11) is 0.0908. The average Bonchev–Trinajstić information content (AvgIpc) is 2.49. The van der Waals surface area contributed by atoms with Crippen LogP contribution in [0.25, 0.3) is 0 Å². The largest absolute Gasteiger partial charge is 0.290 e. The minimum atomic E-state index is -1.33. The molecule has 2 unspecified atom stereocenters. The average molecular weight is 297 g/mol. The third-order valence-corrected chi connectivity index (χ3v) is 3.76. The molecule has 2 rings (SSSR count). The van der Waals surface area contributed by atoms with Gasteiger partial charge in [0.1, 0.15) is 11.0 Å². The van der Waals surface area contributed by atoms with E-state index in [1.807, 2.05) is 24.3 Å². The Bertz CT molecular complexity index is 532. The highest BCUT2D eigenvalue weighted by atomic mass is 32.2. The van der Waals surface area contributed by atoms with Gasteiger partial charge >= 0.3 is 0 Å². The third kappa shape index (κ3) is 5.89. The summed E-state index contributed by atoms with van der Waals surface area (Å²) in [4.78, 5) is 1.36. The maximum Gasteiger partial charge on any atom is 0.188 e. The van der Waals surface area contributed by atoms with E-state index in [1.165, 1.54) is 7.11 Å². The minimum Gasteiger partial charge on any atom is -0.290 e. The standard InChI is InChI=1S/C7H8O2S.C6H7NOS/c1-9-10(8)7-5-3-2-4-6-7;7-9(8)6-4-2-1-3-5-6/h2-6H,1H3;1-5H,7H2. The van der Waals surface area contributed by atoms with Crippen LogP contribution in [0.15, 0.2) is 70.5 Å². The first-order valence-corrected chi connectivity index (χ1v) is 7.66. The van der Waals surface area contributed by atoms with Crippen molar-refractivity contribution < 1.29 is 12.6 Å². The van der Waals surface area contributed by atoms with Crippen LogP contribution in [0.1, 0.15) is 0 Å². The van der Waals surface area contributed by atoms with Crippen LogP contribution in [-0.4, -0.2) is 15.5 Å². The van der Waals surface area contributed by atoms with Crippen molar-refractivity contribution >= 4 is 22.1 Å². The van der Waals surface area contributed by atoms with Gasteiger partial charge in [0.2, 0.25) is 0 Å². The fraction of sp³-hybridized carbons (Fsp3) is 0.0769. The Morgan fingerprint density at radius 2 is 1.26 bits per heavy atom. The van der Waals surface area contributed by atoms with Crippen molar-refractivity contribution in [2.24, 2.45) is 5.14 Å². The number of hydrogen-bond donors (Lipinski definition) is 1. The second kappa shape index (κ2) is 8.71. The molecule has 2 N–H and O–H groups in total. The lowest BCUT2D eigenvalue weighted by Gasteiger charge is -1.95. The van der Waals surface area contributed by atoms with Crippen LogP contribution in [0.5, 0.6) is 0 Å². The zero-order valence-corrected chi connectivity index (χ0v) is 12.0. The van der Waals surface area contributed by atoms with Gasteiger partial charge in [0.25, 0.3) is 0 Å². The molecule has 0 aliphatic carbocycles. The zero-order valence-electron chi connectivity index (χ0n) is 10.4. The highest BCUT2D eigenvalue weighted by molar-refractivity contribution is 7.82. The van der Waals surface area contributed by atoms with Crippen LogP contribution in [-0.2, 0) is 26.2 Å². The molecule has 0 spiro atoms. The molecular weight excluding hydrogens is 282 g/mol.